The average molecular weight is 227 g/mol. The van der Waals surface area contributed by atoms with Crippen molar-refractivity contribution in [3.05, 3.63) is 52.7 Å². The molecule has 1 heteroatoms. The molecule has 90 valence electrons. The zero-order valence-corrected chi connectivity index (χ0v) is 11.2. The molecule has 1 aromatic rings. The molecule has 1 nitrogen and oxygen atoms in total. The van der Waals surface area contributed by atoms with Gasteiger partial charge in [-0.3, -0.25) is 0 Å². The number of hydrogen-bond acceptors (Lipinski definition) is 1. The minimum absolute atomic E-state index is 1.15. The number of allylic oxidation sites excluding steroid dienone is 3. The number of nitrogens with zero attached hydrogens (tertiary/aromatic N) is 1. The number of likely N-dealkylation sites (N-methyl/N-ethyl adjacent to an activating group) is 1. The molecule has 0 amide bonds. The first-order chi connectivity index (χ1) is 8.09. The zero-order chi connectivity index (χ0) is 12.4. The summed E-state index contributed by atoms with van der Waals surface area (Å²) in [5.74, 6) is 0. The van der Waals surface area contributed by atoms with Crippen LogP contribution in [0.5, 0.6) is 0 Å². The summed E-state index contributed by atoms with van der Waals surface area (Å²) >= 11 is 0. The highest BCUT2D eigenvalue weighted by Gasteiger charge is 2.14. The maximum absolute atomic E-state index is 2.31. The third-order valence-corrected chi connectivity index (χ3v) is 3.35. The van der Waals surface area contributed by atoms with Gasteiger partial charge in [-0.15, -0.1) is 0 Å². The van der Waals surface area contributed by atoms with E-state index >= 15 is 0 Å². The molecule has 2 rings (SSSR count). The van der Waals surface area contributed by atoms with Gasteiger partial charge in [-0.25, -0.2) is 0 Å². The summed E-state index contributed by atoms with van der Waals surface area (Å²) in [5, 5.41) is 0. The Hall–Kier alpha value is -1.50. The van der Waals surface area contributed by atoms with E-state index in [0.29, 0.717) is 0 Å². The summed E-state index contributed by atoms with van der Waals surface area (Å²) in [6.07, 6.45) is 6.82. The Morgan fingerprint density at radius 3 is 2.59 bits per heavy atom. The van der Waals surface area contributed by atoms with Crippen molar-refractivity contribution in [3.8, 4) is 0 Å². The first kappa shape index (κ1) is 12.0. The highest BCUT2D eigenvalue weighted by atomic mass is 15.1. The van der Waals surface area contributed by atoms with Gasteiger partial charge in [0.2, 0.25) is 0 Å². The molecule has 0 unspecified atom stereocenters. The molecule has 0 radical (unpaired) electrons. The van der Waals surface area contributed by atoms with Crippen LogP contribution < -0.4 is 0 Å². The maximum Gasteiger partial charge on any atom is 0.0396 e. The van der Waals surface area contributed by atoms with Gasteiger partial charge in [-0.2, -0.15) is 0 Å². The molecule has 0 aliphatic heterocycles. The van der Waals surface area contributed by atoms with Crippen LogP contribution in [0.3, 0.4) is 0 Å². The van der Waals surface area contributed by atoms with E-state index in [2.05, 4.69) is 63.2 Å². The molecule has 0 N–H and O–H groups in total. The Morgan fingerprint density at radius 2 is 1.88 bits per heavy atom. The van der Waals surface area contributed by atoms with Gasteiger partial charge < -0.3 is 4.90 Å². The summed E-state index contributed by atoms with van der Waals surface area (Å²) in [4.78, 5) is 2.22. The lowest BCUT2D eigenvalue weighted by molar-refractivity contribution is 0.527. The second-order valence-corrected chi connectivity index (χ2v) is 5.02. The molecular formula is C16H21N. The Bertz CT molecular complexity index is 478. The number of hydrogen-bond donors (Lipinski definition) is 0. The Labute approximate surface area is 104 Å². The number of aryl methyl sites for hydroxylation is 2. The highest BCUT2D eigenvalue weighted by molar-refractivity contribution is 5.74. The van der Waals surface area contributed by atoms with Crippen LogP contribution in [0.1, 0.15) is 29.5 Å². The fourth-order valence-corrected chi connectivity index (χ4v) is 2.40. The molecule has 17 heavy (non-hydrogen) atoms. The van der Waals surface area contributed by atoms with Crippen LogP contribution in [-0.4, -0.2) is 19.0 Å². The molecule has 1 aliphatic rings. The smallest absolute Gasteiger partial charge is 0.0396 e. The van der Waals surface area contributed by atoms with E-state index in [4.69, 9.17) is 0 Å². The van der Waals surface area contributed by atoms with Gasteiger partial charge in [-0.1, -0.05) is 29.8 Å². The molecule has 0 bridgehead atoms. The fraction of sp³-hybridized carbons (Fsp3) is 0.375. The van der Waals surface area contributed by atoms with Gasteiger partial charge in [0, 0.05) is 19.8 Å². The Balaban J connectivity index is 2.57. The van der Waals surface area contributed by atoms with E-state index in [9.17, 15) is 0 Å². The molecule has 1 aliphatic carbocycles. The molecular weight excluding hydrogens is 206 g/mol. The van der Waals surface area contributed by atoms with Gasteiger partial charge in [0.15, 0.2) is 0 Å². The van der Waals surface area contributed by atoms with E-state index in [1.165, 1.54) is 28.0 Å². The predicted molar refractivity (Wildman–Crippen MR) is 74.9 cm³/mol. The summed E-state index contributed by atoms with van der Waals surface area (Å²) in [6, 6.07) is 6.73. The Morgan fingerprint density at radius 1 is 1.12 bits per heavy atom. The lowest BCUT2D eigenvalue weighted by Crippen LogP contribution is -2.13. The van der Waals surface area contributed by atoms with Crippen molar-refractivity contribution < 1.29 is 0 Å². The molecule has 0 fully saturated rings. The number of benzene rings is 1. The molecule has 1 aromatic carbocycles. The van der Waals surface area contributed by atoms with Gasteiger partial charge >= 0.3 is 0 Å². The highest BCUT2D eigenvalue weighted by Crippen LogP contribution is 2.31. The van der Waals surface area contributed by atoms with Crippen molar-refractivity contribution in [2.45, 2.75) is 26.7 Å². The lowest BCUT2D eigenvalue weighted by Gasteiger charge is -2.24. The lowest BCUT2D eigenvalue weighted by atomic mass is 9.91. The second-order valence-electron chi connectivity index (χ2n) is 5.02. The Kier molecular flexibility index (Phi) is 3.37. The van der Waals surface area contributed by atoms with Crippen molar-refractivity contribution in [1.29, 1.82) is 0 Å². The third kappa shape index (κ3) is 2.44. The molecule has 0 saturated heterocycles. The van der Waals surface area contributed by atoms with Crippen LogP contribution in [0.2, 0.25) is 0 Å². The van der Waals surface area contributed by atoms with E-state index in [0.717, 1.165) is 12.8 Å². The average Bonchev–Trinajstić information content (AvgIpc) is 2.32. The minimum Gasteiger partial charge on any atom is -0.377 e. The van der Waals surface area contributed by atoms with Gasteiger partial charge in [0.05, 0.1) is 0 Å². The molecule has 0 saturated carbocycles. The molecule has 0 atom stereocenters. The van der Waals surface area contributed by atoms with Crippen LogP contribution in [0.4, 0.5) is 0 Å². The second kappa shape index (κ2) is 4.79. The molecule has 0 spiro atoms. The van der Waals surface area contributed by atoms with Crippen LogP contribution in [0.25, 0.3) is 5.57 Å². The standard InChI is InChI=1S/C16H21N/c1-12-9-10-13(2)15(11-12)14-7-5-6-8-16(14)17(3)4/h6,8-11H,5,7H2,1-4H3. The van der Waals surface area contributed by atoms with Gasteiger partial charge in [-0.05, 0) is 49.5 Å². The van der Waals surface area contributed by atoms with E-state index in [1.54, 1.807) is 0 Å². The first-order valence-corrected chi connectivity index (χ1v) is 6.24. The third-order valence-electron chi connectivity index (χ3n) is 3.35. The normalized spacial score (nSPS) is 15.3. The minimum atomic E-state index is 1.15. The van der Waals surface area contributed by atoms with Crippen LogP contribution in [0, 0.1) is 13.8 Å². The van der Waals surface area contributed by atoms with E-state index < -0.39 is 0 Å². The van der Waals surface area contributed by atoms with Gasteiger partial charge in [0.25, 0.3) is 0 Å². The quantitative estimate of drug-likeness (QED) is 0.740. The monoisotopic (exact) mass is 227 g/mol. The summed E-state index contributed by atoms with van der Waals surface area (Å²) in [6.45, 7) is 4.37. The van der Waals surface area contributed by atoms with Gasteiger partial charge in [0.1, 0.15) is 0 Å². The fourth-order valence-electron chi connectivity index (χ4n) is 2.40. The molecule has 0 aromatic heterocycles. The summed E-state index contributed by atoms with van der Waals surface area (Å²) < 4.78 is 0. The summed E-state index contributed by atoms with van der Waals surface area (Å²) in [7, 11) is 4.24. The predicted octanol–water partition coefficient (Wildman–Crippen LogP) is 3.93. The molecule has 0 heterocycles. The van der Waals surface area contributed by atoms with Crippen LogP contribution >= 0.6 is 0 Å². The van der Waals surface area contributed by atoms with Crippen molar-refractivity contribution in [2.24, 2.45) is 0 Å². The SMILES string of the molecule is Cc1ccc(C)c(C2=C(N(C)C)C=CCC2)c1. The van der Waals surface area contributed by atoms with Crippen LogP contribution in [-0.2, 0) is 0 Å². The van der Waals surface area contributed by atoms with Crippen molar-refractivity contribution in [2.75, 3.05) is 14.1 Å². The number of rotatable bonds is 2. The zero-order valence-electron chi connectivity index (χ0n) is 11.2. The van der Waals surface area contributed by atoms with E-state index in [1.807, 2.05) is 0 Å². The van der Waals surface area contributed by atoms with Crippen molar-refractivity contribution in [1.82, 2.24) is 4.90 Å². The maximum atomic E-state index is 2.31. The topological polar surface area (TPSA) is 3.24 Å². The first-order valence-electron chi connectivity index (χ1n) is 6.24. The van der Waals surface area contributed by atoms with Crippen LogP contribution in [0.15, 0.2) is 36.0 Å². The van der Waals surface area contributed by atoms with Crippen molar-refractivity contribution in [3.63, 3.8) is 0 Å². The largest absolute Gasteiger partial charge is 0.377 e. The van der Waals surface area contributed by atoms with E-state index in [-0.39, 0.29) is 0 Å². The summed E-state index contributed by atoms with van der Waals surface area (Å²) in [5.41, 5.74) is 6.97. The van der Waals surface area contributed by atoms with Crippen molar-refractivity contribution >= 4 is 5.57 Å².